The highest BCUT2D eigenvalue weighted by Gasteiger charge is 2.24. The van der Waals surface area contributed by atoms with E-state index in [1.165, 1.54) is 0 Å². The second-order valence-corrected chi connectivity index (χ2v) is 8.44. The van der Waals surface area contributed by atoms with Gasteiger partial charge in [-0.05, 0) is 31.0 Å². The molecule has 0 saturated heterocycles. The van der Waals surface area contributed by atoms with Crippen molar-refractivity contribution in [1.82, 2.24) is 0 Å². The van der Waals surface area contributed by atoms with Crippen LogP contribution in [0, 0.1) is 13.8 Å². The van der Waals surface area contributed by atoms with Gasteiger partial charge in [0.1, 0.15) is 0 Å². The Kier molecular flexibility index (Phi) is 4.78. The highest BCUT2D eigenvalue weighted by atomic mass is 31.2. The molecule has 2 nitrogen and oxygen atoms in total. The Labute approximate surface area is 143 Å². The molecule has 24 heavy (non-hydrogen) atoms. The Balaban J connectivity index is 2.11. The van der Waals surface area contributed by atoms with Gasteiger partial charge in [0.25, 0.3) is 0 Å². The van der Waals surface area contributed by atoms with Crippen molar-refractivity contribution >= 4 is 29.4 Å². The van der Waals surface area contributed by atoms with Crippen LogP contribution in [0.25, 0.3) is 0 Å². The number of aliphatic imine (C=N–C) groups is 1. The van der Waals surface area contributed by atoms with Gasteiger partial charge in [-0.25, -0.2) is 0 Å². The van der Waals surface area contributed by atoms with Crippen LogP contribution in [0.2, 0.25) is 0 Å². The number of aryl methyl sites for hydroxylation is 2. The van der Waals surface area contributed by atoms with Gasteiger partial charge in [0, 0.05) is 10.6 Å². The molecule has 0 bridgehead atoms. The van der Waals surface area contributed by atoms with E-state index in [2.05, 4.69) is 11.1 Å². The zero-order valence-corrected chi connectivity index (χ0v) is 14.8. The first kappa shape index (κ1) is 16.4. The van der Waals surface area contributed by atoms with E-state index < -0.39 is 7.14 Å². The van der Waals surface area contributed by atoms with Crippen LogP contribution in [-0.4, -0.2) is 5.96 Å². The van der Waals surface area contributed by atoms with Crippen LogP contribution in [0.15, 0.2) is 83.9 Å². The van der Waals surface area contributed by atoms with E-state index in [1.807, 2.05) is 86.6 Å². The van der Waals surface area contributed by atoms with Gasteiger partial charge in [0.05, 0.1) is 11.6 Å². The average molecular weight is 333 g/mol. The van der Waals surface area contributed by atoms with E-state index in [0.717, 1.165) is 27.4 Å². The number of benzene rings is 3. The van der Waals surface area contributed by atoms with Gasteiger partial charge in [-0.3, -0.25) is 4.99 Å². The summed E-state index contributed by atoms with van der Waals surface area (Å²) in [6, 6.07) is 25.3. The van der Waals surface area contributed by atoms with Crippen molar-refractivity contribution in [1.29, 1.82) is 0 Å². The topological polar surface area (TPSA) is 29.4 Å². The van der Waals surface area contributed by atoms with Crippen molar-refractivity contribution < 1.29 is 4.57 Å². The van der Waals surface area contributed by atoms with Crippen molar-refractivity contribution in [3.8, 4) is 0 Å². The number of hydrogen-bond acceptors (Lipinski definition) is 2. The van der Waals surface area contributed by atoms with E-state index in [0.29, 0.717) is 0 Å². The van der Waals surface area contributed by atoms with E-state index in [1.54, 1.807) is 5.96 Å². The van der Waals surface area contributed by atoms with E-state index in [4.69, 9.17) is 0 Å². The van der Waals surface area contributed by atoms with Crippen molar-refractivity contribution in [2.75, 3.05) is 0 Å². The molecular weight excluding hydrogens is 313 g/mol. The molecule has 0 saturated carbocycles. The summed E-state index contributed by atoms with van der Waals surface area (Å²) in [5.74, 6) is 1.64. The lowest BCUT2D eigenvalue weighted by Crippen LogP contribution is -2.16. The van der Waals surface area contributed by atoms with Crippen LogP contribution in [-0.2, 0) is 4.57 Å². The second-order valence-electron chi connectivity index (χ2n) is 5.86. The van der Waals surface area contributed by atoms with Crippen LogP contribution < -0.4 is 10.6 Å². The molecule has 0 heterocycles. The fourth-order valence-electron chi connectivity index (χ4n) is 2.58. The highest BCUT2D eigenvalue weighted by Crippen LogP contribution is 2.41. The Morgan fingerprint density at radius 2 is 1.33 bits per heavy atom. The first-order chi connectivity index (χ1) is 11.6. The van der Waals surface area contributed by atoms with E-state index >= 15 is 0 Å². The first-order valence-electron chi connectivity index (χ1n) is 7.93. The lowest BCUT2D eigenvalue weighted by atomic mass is 10.1. The fourth-order valence-corrected chi connectivity index (χ4v) is 4.67. The summed E-state index contributed by atoms with van der Waals surface area (Å²) in [5.41, 5.74) is 3.08. The molecule has 0 radical (unpaired) electrons. The predicted octanol–water partition coefficient (Wildman–Crippen LogP) is 4.98. The van der Waals surface area contributed by atoms with Gasteiger partial charge >= 0.3 is 0 Å². The molecule has 0 aliphatic heterocycles. The second kappa shape index (κ2) is 6.98. The lowest BCUT2D eigenvalue weighted by Gasteiger charge is -2.14. The molecule has 0 amide bonds. The third-order valence-electron chi connectivity index (χ3n) is 4.00. The molecule has 0 unspecified atom stereocenters. The minimum Gasteiger partial charge on any atom is -0.308 e. The molecule has 0 aliphatic rings. The number of rotatable bonds is 4. The predicted molar refractivity (Wildman–Crippen MR) is 104 cm³/mol. The molecule has 0 atom stereocenters. The first-order valence-corrected chi connectivity index (χ1v) is 9.71. The van der Waals surface area contributed by atoms with Crippen LogP contribution in [0.4, 0.5) is 5.69 Å². The van der Waals surface area contributed by atoms with Gasteiger partial charge in [0.15, 0.2) is 7.14 Å². The molecule has 0 aromatic heterocycles. The highest BCUT2D eigenvalue weighted by molar-refractivity contribution is 7.91. The van der Waals surface area contributed by atoms with Gasteiger partial charge in [-0.2, -0.15) is 0 Å². The summed E-state index contributed by atoms with van der Waals surface area (Å²) in [4.78, 5) is 4.60. The van der Waals surface area contributed by atoms with Crippen molar-refractivity contribution in [3.05, 3.63) is 90.0 Å². The smallest absolute Gasteiger partial charge is 0.181 e. The van der Waals surface area contributed by atoms with Crippen molar-refractivity contribution in [2.24, 2.45) is 4.99 Å². The quantitative estimate of drug-likeness (QED) is 0.489. The summed E-state index contributed by atoms with van der Waals surface area (Å²) in [6.45, 7) is 4.05. The molecule has 0 fully saturated rings. The summed E-state index contributed by atoms with van der Waals surface area (Å²) in [7, 11) is -2.92. The third-order valence-corrected chi connectivity index (χ3v) is 6.57. The molecule has 0 N–H and O–H groups in total. The average Bonchev–Trinajstić information content (AvgIpc) is 2.63. The van der Waals surface area contributed by atoms with Gasteiger partial charge in [0.2, 0.25) is 0 Å². The van der Waals surface area contributed by atoms with Gasteiger partial charge in [-0.15, -0.1) is 0 Å². The molecule has 3 aromatic carbocycles. The van der Waals surface area contributed by atoms with Crippen molar-refractivity contribution in [3.63, 3.8) is 0 Å². The maximum atomic E-state index is 13.8. The van der Waals surface area contributed by atoms with Crippen LogP contribution in [0.3, 0.4) is 0 Å². The monoisotopic (exact) mass is 333 g/mol. The zero-order valence-electron chi connectivity index (χ0n) is 13.9. The molecule has 120 valence electrons. The Bertz CT molecular complexity index is 858. The van der Waals surface area contributed by atoms with Gasteiger partial charge in [-0.1, -0.05) is 72.8 Å². The largest absolute Gasteiger partial charge is 0.308 e. The minimum absolute atomic E-state index is 0.797. The maximum absolute atomic E-state index is 13.8. The van der Waals surface area contributed by atoms with Crippen LogP contribution in [0.5, 0.6) is 0 Å². The third kappa shape index (κ3) is 3.39. The maximum Gasteiger partial charge on any atom is 0.181 e. The minimum atomic E-state index is -2.92. The van der Waals surface area contributed by atoms with Crippen LogP contribution >= 0.6 is 7.14 Å². The molecule has 3 aromatic rings. The van der Waals surface area contributed by atoms with Gasteiger partial charge < -0.3 is 4.57 Å². The summed E-state index contributed by atoms with van der Waals surface area (Å²) < 4.78 is 13.8. The molecular formula is C21H20NOP. The SMILES string of the molecule is Cc1ccc(C)c(N=CP(=O)(c2ccccc2)c2ccccc2)c1. The molecule has 0 spiro atoms. The summed E-state index contributed by atoms with van der Waals surface area (Å²) in [6.07, 6.45) is 0. The normalized spacial score (nSPS) is 11.8. The Hall–Kier alpha value is -2.44. The lowest BCUT2D eigenvalue weighted by molar-refractivity contribution is 0.594. The van der Waals surface area contributed by atoms with E-state index in [9.17, 15) is 4.57 Å². The standard InChI is InChI=1S/C21H20NOP/c1-17-13-14-18(2)21(15-17)22-16-24(23,19-9-5-3-6-10-19)20-11-7-4-8-12-20/h3-16H,1-2H3. The fraction of sp³-hybridized carbons (Fsp3) is 0.0952. The number of nitrogens with zero attached hydrogens (tertiary/aromatic N) is 1. The molecule has 3 heteroatoms. The number of hydrogen-bond donors (Lipinski definition) is 0. The molecule has 0 aliphatic carbocycles. The van der Waals surface area contributed by atoms with Crippen molar-refractivity contribution in [2.45, 2.75) is 13.8 Å². The Morgan fingerprint density at radius 1 is 0.792 bits per heavy atom. The van der Waals surface area contributed by atoms with Crippen LogP contribution in [0.1, 0.15) is 11.1 Å². The van der Waals surface area contributed by atoms with E-state index in [-0.39, 0.29) is 0 Å². The Morgan fingerprint density at radius 3 is 1.88 bits per heavy atom. The zero-order chi connectivity index (χ0) is 17.0. The summed E-state index contributed by atoms with van der Waals surface area (Å²) >= 11 is 0. The summed E-state index contributed by atoms with van der Waals surface area (Å²) in [5, 5.41) is 1.59. The molecule has 3 rings (SSSR count).